The van der Waals surface area contributed by atoms with Gasteiger partial charge in [0, 0.05) is 10.9 Å². The third-order valence-electron chi connectivity index (χ3n) is 1.79. The van der Waals surface area contributed by atoms with Crippen LogP contribution in [0, 0.1) is 0 Å². The molecule has 1 aromatic rings. The Balaban J connectivity index is 3.14. The first-order chi connectivity index (χ1) is 7.06. The van der Waals surface area contributed by atoms with E-state index >= 15 is 0 Å². The molecule has 0 aliphatic heterocycles. The van der Waals surface area contributed by atoms with E-state index in [1.54, 1.807) is 13.0 Å². The van der Waals surface area contributed by atoms with Gasteiger partial charge in [-0.2, -0.15) is 8.78 Å². The monoisotopic (exact) mass is 278 g/mol. The van der Waals surface area contributed by atoms with Crippen molar-refractivity contribution in [2.75, 3.05) is 0 Å². The number of halogens is 3. The lowest BCUT2D eigenvalue weighted by Crippen LogP contribution is -2.08. The van der Waals surface area contributed by atoms with Crippen molar-refractivity contribution in [1.29, 1.82) is 0 Å². The molecule has 0 spiro atoms. The first-order valence-corrected chi connectivity index (χ1v) is 5.12. The summed E-state index contributed by atoms with van der Waals surface area (Å²) in [5.41, 5.74) is 0.167. The molecule has 0 saturated heterocycles. The smallest absolute Gasteiger partial charge is 0.387 e. The van der Waals surface area contributed by atoms with E-state index in [2.05, 4.69) is 20.7 Å². The maximum atomic E-state index is 12.1. The van der Waals surface area contributed by atoms with Gasteiger partial charge in [0.2, 0.25) is 0 Å². The molecule has 2 nitrogen and oxygen atoms in total. The van der Waals surface area contributed by atoms with Gasteiger partial charge in [-0.05, 0) is 28.1 Å². The number of Topliss-reactive ketones (excluding diaryl/α,β-unsaturated/α-hetero) is 1. The van der Waals surface area contributed by atoms with E-state index in [-0.39, 0.29) is 23.5 Å². The van der Waals surface area contributed by atoms with Gasteiger partial charge < -0.3 is 4.74 Å². The van der Waals surface area contributed by atoms with Crippen molar-refractivity contribution in [2.24, 2.45) is 0 Å². The first-order valence-electron chi connectivity index (χ1n) is 4.32. The second kappa shape index (κ2) is 5.21. The van der Waals surface area contributed by atoms with E-state index in [9.17, 15) is 13.6 Å². The maximum absolute atomic E-state index is 12.1. The third-order valence-corrected chi connectivity index (χ3v) is 2.45. The lowest BCUT2D eigenvalue weighted by Gasteiger charge is -2.10. The van der Waals surface area contributed by atoms with Gasteiger partial charge in [0.05, 0.1) is 5.56 Å². The molecule has 0 fully saturated rings. The molecule has 1 aromatic carbocycles. The second-order valence-electron chi connectivity index (χ2n) is 2.77. The van der Waals surface area contributed by atoms with Gasteiger partial charge >= 0.3 is 6.61 Å². The van der Waals surface area contributed by atoms with Crippen LogP contribution in [0.1, 0.15) is 23.7 Å². The molecule has 0 unspecified atom stereocenters. The fraction of sp³-hybridized carbons (Fsp3) is 0.300. The van der Waals surface area contributed by atoms with E-state index in [1.165, 1.54) is 12.1 Å². The normalized spacial score (nSPS) is 10.5. The van der Waals surface area contributed by atoms with E-state index in [1.807, 2.05) is 0 Å². The van der Waals surface area contributed by atoms with Crippen molar-refractivity contribution in [3.63, 3.8) is 0 Å². The number of carbonyl (C=O) groups is 1. The number of hydrogen-bond donors (Lipinski definition) is 0. The van der Waals surface area contributed by atoms with Gasteiger partial charge in [0.15, 0.2) is 5.78 Å². The van der Waals surface area contributed by atoms with Gasteiger partial charge in [0.1, 0.15) is 5.75 Å². The fourth-order valence-electron chi connectivity index (χ4n) is 1.15. The number of benzene rings is 1. The van der Waals surface area contributed by atoms with Crippen LogP contribution in [-0.4, -0.2) is 12.4 Å². The summed E-state index contributed by atoms with van der Waals surface area (Å²) in [5, 5.41) is 0. The van der Waals surface area contributed by atoms with Crippen LogP contribution in [0.2, 0.25) is 0 Å². The fourth-order valence-corrected chi connectivity index (χ4v) is 1.72. The highest BCUT2D eigenvalue weighted by Gasteiger charge is 2.17. The van der Waals surface area contributed by atoms with Gasteiger partial charge in [-0.1, -0.05) is 13.0 Å². The van der Waals surface area contributed by atoms with Crippen LogP contribution >= 0.6 is 15.9 Å². The summed E-state index contributed by atoms with van der Waals surface area (Å²) in [4.78, 5) is 11.5. The minimum Gasteiger partial charge on any atom is -0.434 e. The Bertz CT molecular complexity index is 366. The number of ether oxygens (including phenoxy) is 1. The van der Waals surface area contributed by atoms with Crippen LogP contribution in [0.25, 0.3) is 0 Å². The molecule has 0 aromatic heterocycles. The zero-order valence-electron chi connectivity index (χ0n) is 7.97. The van der Waals surface area contributed by atoms with Crippen molar-refractivity contribution in [3.05, 3.63) is 28.2 Å². The molecule has 15 heavy (non-hydrogen) atoms. The largest absolute Gasteiger partial charge is 0.434 e. The van der Waals surface area contributed by atoms with Crippen molar-refractivity contribution >= 4 is 21.7 Å². The Kier molecular flexibility index (Phi) is 4.20. The Morgan fingerprint density at radius 2 is 2.20 bits per heavy atom. The van der Waals surface area contributed by atoms with Gasteiger partial charge in [-0.25, -0.2) is 0 Å². The molecule has 0 radical (unpaired) electrons. The van der Waals surface area contributed by atoms with E-state index in [0.29, 0.717) is 4.47 Å². The molecule has 0 aliphatic rings. The summed E-state index contributed by atoms with van der Waals surface area (Å²) < 4.78 is 28.8. The van der Waals surface area contributed by atoms with Gasteiger partial charge in [0.25, 0.3) is 0 Å². The Morgan fingerprint density at radius 3 is 2.73 bits per heavy atom. The third kappa shape index (κ3) is 2.99. The molecule has 1 rings (SSSR count). The summed E-state index contributed by atoms with van der Waals surface area (Å²) in [6.07, 6.45) is 0.238. The Morgan fingerprint density at radius 1 is 1.53 bits per heavy atom. The number of rotatable bonds is 4. The predicted octanol–water partition coefficient (Wildman–Crippen LogP) is 3.64. The zero-order chi connectivity index (χ0) is 11.4. The highest BCUT2D eigenvalue weighted by molar-refractivity contribution is 9.10. The van der Waals surface area contributed by atoms with Crippen LogP contribution in [0.4, 0.5) is 8.78 Å². The van der Waals surface area contributed by atoms with Crippen molar-refractivity contribution < 1.29 is 18.3 Å². The van der Waals surface area contributed by atoms with Crippen molar-refractivity contribution in [1.82, 2.24) is 0 Å². The Labute approximate surface area is 94.4 Å². The molecule has 0 heterocycles. The summed E-state index contributed by atoms with van der Waals surface area (Å²) in [6.45, 7) is -1.27. The topological polar surface area (TPSA) is 26.3 Å². The van der Waals surface area contributed by atoms with Crippen LogP contribution in [-0.2, 0) is 0 Å². The molecular formula is C10H9BrF2O2. The standard InChI is InChI=1S/C10H9BrF2O2/c1-2-7(14)9-6(11)4-3-5-8(9)15-10(12)13/h3-5,10H,2H2,1H3. The number of carbonyl (C=O) groups excluding carboxylic acids is 1. The minimum absolute atomic E-state index is 0.0915. The molecule has 0 N–H and O–H groups in total. The molecule has 0 saturated carbocycles. The van der Waals surface area contributed by atoms with Gasteiger partial charge in [-0.15, -0.1) is 0 Å². The number of hydrogen-bond acceptors (Lipinski definition) is 2. The summed E-state index contributed by atoms with van der Waals surface area (Å²) in [5.74, 6) is -0.329. The van der Waals surface area contributed by atoms with Crippen molar-refractivity contribution in [3.8, 4) is 5.75 Å². The first kappa shape index (κ1) is 12.1. The van der Waals surface area contributed by atoms with Crippen LogP contribution < -0.4 is 4.74 Å². The number of ketones is 1. The molecular weight excluding hydrogens is 270 g/mol. The highest BCUT2D eigenvalue weighted by Crippen LogP contribution is 2.29. The molecule has 0 amide bonds. The summed E-state index contributed by atoms with van der Waals surface area (Å²) in [6, 6.07) is 4.50. The van der Waals surface area contributed by atoms with E-state index < -0.39 is 6.61 Å². The van der Waals surface area contributed by atoms with Crippen molar-refractivity contribution in [2.45, 2.75) is 20.0 Å². The van der Waals surface area contributed by atoms with E-state index in [0.717, 1.165) is 0 Å². The molecule has 0 aliphatic carbocycles. The highest BCUT2D eigenvalue weighted by atomic mass is 79.9. The second-order valence-corrected chi connectivity index (χ2v) is 3.62. The molecule has 82 valence electrons. The average Bonchev–Trinajstić information content (AvgIpc) is 2.16. The lowest BCUT2D eigenvalue weighted by molar-refractivity contribution is -0.0501. The van der Waals surface area contributed by atoms with E-state index in [4.69, 9.17) is 0 Å². The SMILES string of the molecule is CCC(=O)c1c(Br)cccc1OC(F)F. The van der Waals surface area contributed by atoms with Crippen LogP contribution in [0.5, 0.6) is 5.75 Å². The minimum atomic E-state index is -2.93. The average molecular weight is 279 g/mol. The predicted molar refractivity (Wildman–Crippen MR) is 55.4 cm³/mol. The zero-order valence-corrected chi connectivity index (χ0v) is 9.55. The summed E-state index contributed by atoms with van der Waals surface area (Å²) >= 11 is 3.13. The summed E-state index contributed by atoms with van der Waals surface area (Å²) in [7, 11) is 0. The van der Waals surface area contributed by atoms with Crippen LogP contribution in [0.3, 0.4) is 0 Å². The number of alkyl halides is 2. The van der Waals surface area contributed by atoms with Gasteiger partial charge in [-0.3, -0.25) is 4.79 Å². The molecule has 0 bridgehead atoms. The molecule has 0 atom stereocenters. The quantitative estimate of drug-likeness (QED) is 0.786. The maximum Gasteiger partial charge on any atom is 0.387 e. The van der Waals surface area contributed by atoms with Crippen LogP contribution in [0.15, 0.2) is 22.7 Å². The Hall–Kier alpha value is -0.970. The lowest BCUT2D eigenvalue weighted by atomic mass is 10.1. The molecule has 5 heteroatoms.